The van der Waals surface area contributed by atoms with Crippen molar-refractivity contribution < 1.29 is 14.5 Å². The number of anilines is 1. The fourth-order valence-electron chi connectivity index (χ4n) is 2.67. The molecular weight excluding hydrogens is 272 g/mol. The van der Waals surface area contributed by atoms with E-state index in [4.69, 9.17) is 4.74 Å². The molecule has 0 radical (unpaired) electrons. The molecule has 0 aliphatic carbocycles. The molecule has 0 saturated carbocycles. The van der Waals surface area contributed by atoms with E-state index < -0.39 is 4.92 Å². The van der Waals surface area contributed by atoms with Crippen LogP contribution in [0.1, 0.15) is 30.1 Å². The van der Waals surface area contributed by atoms with Crippen LogP contribution in [0.4, 0.5) is 11.4 Å². The number of ketones is 1. The van der Waals surface area contributed by atoms with E-state index in [2.05, 4.69) is 0 Å². The van der Waals surface area contributed by atoms with Crippen molar-refractivity contribution in [1.82, 2.24) is 0 Å². The molecule has 1 fully saturated rings. The maximum Gasteiger partial charge on any atom is 0.270 e. The lowest BCUT2D eigenvalue weighted by atomic mass is 9.99. The van der Waals surface area contributed by atoms with Gasteiger partial charge in [0.15, 0.2) is 5.78 Å². The highest BCUT2D eigenvalue weighted by molar-refractivity contribution is 6.00. The number of ether oxygens (including phenoxy) is 1. The van der Waals surface area contributed by atoms with Gasteiger partial charge in [-0.2, -0.15) is 0 Å². The Morgan fingerprint density at radius 3 is 2.67 bits per heavy atom. The number of nitro groups is 1. The molecule has 0 N–H and O–H groups in total. The maximum atomic E-state index is 11.8. The third kappa shape index (κ3) is 3.78. The summed E-state index contributed by atoms with van der Waals surface area (Å²) in [6.45, 7) is 3.81. The van der Waals surface area contributed by atoms with Crippen molar-refractivity contribution in [2.45, 2.75) is 19.8 Å². The molecule has 0 atom stereocenters. The average Bonchev–Trinajstić information content (AvgIpc) is 2.47. The van der Waals surface area contributed by atoms with Gasteiger partial charge in [0.1, 0.15) is 0 Å². The summed E-state index contributed by atoms with van der Waals surface area (Å²) in [5.41, 5.74) is 1.10. The number of nitrogens with zero attached hydrogens (tertiary/aromatic N) is 2. The molecule has 1 saturated heterocycles. The topological polar surface area (TPSA) is 72.7 Å². The summed E-state index contributed by atoms with van der Waals surface area (Å²) in [6.07, 6.45) is 2.01. The van der Waals surface area contributed by atoms with E-state index in [9.17, 15) is 14.9 Å². The van der Waals surface area contributed by atoms with Crippen molar-refractivity contribution in [3.8, 4) is 0 Å². The van der Waals surface area contributed by atoms with Gasteiger partial charge in [-0.05, 0) is 31.7 Å². The lowest BCUT2D eigenvalue weighted by Crippen LogP contribution is -2.30. The fraction of sp³-hybridized carbons (Fsp3) is 0.533. The number of carbonyl (C=O) groups excluding carboxylic acids is 1. The van der Waals surface area contributed by atoms with Gasteiger partial charge in [-0.15, -0.1) is 0 Å². The van der Waals surface area contributed by atoms with E-state index in [0.717, 1.165) is 38.3 Å². The van der Waals surface area contributed by atoms with Crippen LogP contribution >= 0.6 is 0 Å². The van der Waals surface area contributed by atoms with Crippen LogP contribution in [0.25, 0.3) is 0 Å². The molecule has 114 valence electrons. The molecular formula is C15H20N2O4. The second kappa shape index (κ2) is 6.67. The van der Waals surface area contributed by atoms with Crippen molar-refractivity contribution >= 4 is 17.2 Å². The summed E-state index contributed by atoms with van der Waals surface area (Å²) in [6, 6.07) is 4.47. The van der Waals surface area contributed by atoms with Gasteiger partial charge in [0, 0.05) is 50.2 Å². The van der Waals surface area contributed by atoms with Crippen molar-refractivity contribution in [1.29, 1.82) is 0 Å². The summed E-state index contributed by atoms with van der Waals surface area (Å²) in [5, 5.41) is 10.8. The van der Waals surface area contributed by atoms with Gasteiger partial charge in [-0.3, -0.25) is 14.9 Å². The summed E-state index contributed by atoms with van der Waals surface area (Å²) in [4.78, 5) is 24.1. The van der Waals surface area contributed by atoms with E-state index >= 15 is 0 Å². The number of non-ortho nitro benzene ring substituents is 1. The molecule has 0 aromatic heterocycles. The molecule has 2 rings (SSSR count). The number of Topliss-reactive ketones (excluding diaryl/α,β-unsaturated/α-hetero) is 1. The van der Waals surface area contributed by atoms with Gasteiger partial charge in [-0.1, -0.05) is 0 Å². The highest BCUT2D eigenvalue weighted by atomic mass is 16.6. The Morgan fingerprint density at radius 1 is 1.43 bits per heavy atom. The van der Waals surface area contributed by atoms with E-state index in [1.165, 1.54) is 19.1 Å². The normalized spacial score (nSPS) is 15.7. The smallest absolute Gasteiger partial charge is 0.270 e. The summed E-state index contributed by atoms with van der Waals surface area (Å²) >= 11 is 0. The highest BCUT2D eigenvalue weighted by Crippen LogP contribution is 2.27. The lowest BCUT2D eigenvalue weighted by molar-refractivity contribution is -0.384. The molecule has 6 heteroatoms. The molecule has 0 amide bonds. The van der Waals surface area contributed by atoms with Crippen LogP contribution in [-0.2, 0) is 4.74 Å². The lowest BCUT2D eigenvalue weighted by Gasteiger charge is -2.29. The first-order valence-corrected chi connectivity index (χ1v) is 7.07. The van der Waals surface area contributed by atoms with Crippen LogP contribution in [0.3, 0.4) is 0 Å². The molecule has 0 bridgehead atoms. The molecule has 1 heterocycles. The van der Waals surface area contributed by atoms with E-state index in [1.807, 2.05) is 11.9 Å². The number of rotatable bonds is 5. The minimum Gasteiger partial charge on any atom is -0.381 e. The molecule has 21 heavy (non-hydrogen) atoms. The summed E-state index contributed by atoms with van der Waals surface area (Å²) in [7, 11) is 1.92. The molecule has 1 aliphatic heterocycles. The third-order valence-corrected chi connectivity index (χ3v) is 3.85. The zero-order valence-corrected chi connectivity index (χ0v) is 12.4. The first-order valence-electron chi connectivity index (χ1n) is 7.07. The predicted octanol–water partition coefficient (Wildman–Crippen LogP) is 2.66. The van der Waals surface area contributed by atoms with Crippen molar-refractivity contribution in [2.24, 2.45) is 5.92 Å². The first kappa shape index (κ1) is 15.4. The zero-order chi connectivity index (χ0) is 15.4. The van der Waals surface area contributed by atoms with Crippen LogP contribution in [0, 0.1) is 16.0 Å². The second-order valence-corrected chi connectivity index (χ2v) is 5.45. The van der Waals surface area contributed by atoms with Crippen molar-refractivity contribution in [3.63, 3.8) is 0 Å². The number of nitro benzene ring substituents is 1. The third-order valence-electron chi connectivity index (χ3n) is 3.85. The minimum atomic E-state index is -0.477. The van der Waals surface area contributed by atoms with Crippen molar-refractivity contribution in [2.75, 3.05) is 31.7 Å². The standard InChI is InChI=1S/C15H20N2O4/c1-11(18)14-9-13(17(19)20)3-4-15(14)16(2)10-12-5-7-21-8-6-12/h3-4,9,12H,5-8,10H2,1-2H3. The average molecular weight is 292 g/mol. The molecule has 1 aromatic carbocycles. The molecule has 0 spiro atoms. The Kier molecular flexibility index (Phi) is 4.90. The van der Waals surface area contributed by atoms with Crippen LogP contribution in [0.15, 0.2) is 18.2 Å². The molecule has 6 nitrogen and oxygen atoms in total. The molecule has 1 aliphatic rings. The Bertz CT molecular complexity index is 538. The number of benzene rings is 1. The second-order valence-electron chi connectivity index (χ2n) is 5.45. The number of carbonyl (C=O) groups is 1. The maximum absolute atomic E-state index is 11.8. The summed E-state index contributed by atoms with van der Waals surface area (Å²) in [5.74, 6) is 0.367. The molecule has 1 aromatic rings. The van der Waals surface area contributed by atoms with Crippen LogP contribution in [0.2, 0.25) is 0 Å². The Balaban J connectivity index is 2.20. The van der Waals surface area contributed by atoms with Crippen LogP contribution < -0.4 is 4.90 Å². The number of hydrogen-bond acceptors (Lipinski definition) is 5. The van der Waals surface area contributed by atoms with Crippen molar-refractivity contribution in [3.05, 3.63) is 33.9 Å². The van der Waals surface area contributed by atoms with Crippen LogP contribution in [0.5, 0.6) is 0 Å². The van der Waals surface area contributed by atoms with Gasteiger partial charge in [0.05, 0.1) is 4.92 Å². The monoisotopic (exact) mass is 292 g/mol. The SMILES string of the molecule is CC(=O)c1cc([N+](=O)[O-])ccc1N(C)CC1CCOCC1. The Morgan fingerprint density at radius 2 is 2.10 bits per heavy atom. The molecule has 0 unspecified atom stereocenters. The number of hydrogen-bond donors (Lipinski definition) is 0. The van der Waals surface area contributed by atoms with E-state index in [0.29, 0.717) is 11.5 Å². The Labute approximate surface area is 123 Å². The first-order chi connectivity index (χ1) is 9.99. The van der Waals surface area contributed by atoms with E-state index in [1.54, 1.807) is 6.07 Å². The van der Waals surface area contributed by atoms with Gasteiger partial charge < -0.3 is 9.64 Å². The Hall–Kier alpha value is -1.95. The van der Waals surface area contributed by atoms with E-state index in [-0.39, 0.29) is 11.5 Å². The zero-order valence-electron chi connectivity index (χ0n) is 12.4. The van der Waals surface area contributed by atoms with Gasteiger partial charge in [0.2, 0.25) is 0 Å². The summed E-state index contributed by atoms with van der Waals surface area (Å²) < 4.78 is 5.34. The minimum absolute atomic E-state index is 0.0524. The predicted molar refractivity (Wildman–Crippen MR) is 79.9 cm³/mol. The van der Waals surface area contributed by atoms with Crippen LogP contribution in [-0.4, -0.2) is 37.5 Å². The largest absolute Gasteiger partial charge is 0.381 e. The quantitative estimate of drug-likeness (QED) is 0.474. The van der Waals surface area contributed by atoms with Gasteiger partial charge >= 0.3 is 0 Å². The highest BCUT2D eigenvalue weighted by Gasteiger charge is 2.20. The van der Waals surface area contributed by atoms with Gasteiger partial charge in [0.25, 0.3) is 5.69 Å². The fourth-order valence-corrected chi connectivity index (χ4v) is 2.67. The van der Waals surface area contributed by atoms with Gasteiger partial charge in [-0.25, -0.2) is 0 Å².